The zero-order valence-corrected chi connectivity index (χ0v) is 18.7. The van der Waals surface area contributed by atoms with Crippen molar-refractivity contribution in [3.63, 3.8) is 0 Å². The first-order valence-corrected chi connectivity index (χ1v) is 11.5. The monoisotopic (exact) mass is 434 g/mol. The van der Waals surface area contributed by atoms with E-state index in [1.807, 2.05) is 67.7 Å². The van der Waals surface area contributed by atoms with Gasteiger partial charge in [0, 0.05) is 42.6 Å². The lowest BCUT2D eigenvalue weighted by Gasteiger charge is -2.20. The van der Waals surface area contributed by atoms with Crippen LogP contribution in [-0.2, 0) is 6.54 Å². The van der Waals surface area contributed by atoms with Gasteiger partial charge in [-0.05, 0) is 54.3 Å². The van der Waals surface area contributed by atoms with Crippen LogP contribution in [0.25, 0.3) is 10.2 Å². The third kappa shape index (κ3) is 4.17. The summed E-state index contributed by atoms with van der Waals surface area (Å²) in [6.07, 6.45) is 5.56. The van der Waals surface area contributed by atoms with E-state index >= 15 is 0 Å². The van der Waals surface area contributed by atoms with Crippen LogP contribution in [0.3, 0.4) is 0 Å². The number of carbonyl (C=O) groups excluding carboxylic acids is 1. The summed E-state index contributed by atoms with van der Waals surface area (Å²) in [6, 6.07) is 17.7. The van der Waals surface area contributed by atoms with Crippen molar-refractivity contribution >= 4 is 50.0 Å². The van der Waals surface area contributed by atoms with Crippen molar-refractivity contribution < 1.29 is 4.79 Å². The number of amides is 1. The molecule has 0 aliphatic rings. The molecular formula is C23H22N4OS2. The van der Waals surface area contributed by atoms with E-state index in [9.17, 15) is 4.79 Å². The maximum Gasteiger partial charge on any atom is 0.260 e. The molecule has 0 atom stereocenters. The molecule has 4 rings (SSSR count). The molecule has 5 nitrogen and oxygen atoms in total. The molecule has 4 aromatic rings. The summed E-state index contributed by atoms with van der Waals surface area (Å²) in [7, 11) is 3.96. The van der Waals surface area contributed by atoms with Gasteiger partial charge in [0.2, 0.25) is 0 Å². The van der Waals surface area contributed by atoms with E-state index in [0.717, 1.165) is 26.4 Å². The minimum atomic E-state index is -0.0751. The third-order valence-corrected chi connectivity index (χ3v) is 6.57. The highest BCUT2D eigenvalue weighted by Gasteiger charge is 2.22. The van der Waals surface area contributed by atoms with Gasteiger partial charge >= 0.3 is 0 Å². The van der Waals surface area contributed by atoms with E-state index in [4.69, 9.17) is 4.98 Å². The van der Waals surface area contributed by atoms with Crippen LogP contribution in [0.5, 0.6) is 0 Å². The molecule has 0 spiro atoms. The van der Waals surface area contributed by atoms with Gasteiger partial charge in [0.1, 0.15) is 0 Å². The van der Waals surface area contributed by atoms with Gasteiger partial charge in [0.05, 0.1) is 16.8 Å². The van der Waals surface area contributed by atoms with Gasteiger partial charge in [-0.15, -0.1) is 11.8 Å². The van der Waals surface area contributed by atoms with Gasteiger partial charge in [0.15, 0.2) is 5.13 Å². The molecule has 1 amide bonds. The summed E-state index contributed by atoms with van der Waals surface area (Å²) in [5.74, 6) is -0.0751. The lowest BCUT2D eigenvalue weighted by Crippen LogP contribution is -2.30. The highest BCUT2D eigenvalue weighted by atomic mass is 32.2. The van der Waals surface area contributed by atoms with Crippen molar-refractivity contribution in [2.24, 2.45) is 0 Å². The predicted octanol–water partition coefficient (Wildman–Crippen LogP) is 5.33. The zero-order valence-electron chi connectivity index (χ0n) is 17.1. The van der Waals surface area contributed by atoms with Crippen molar-refractivity contribution in [3.8, 4) is 0 Å². The van der Waals surface area contributed by atoms with Gasteiger partial charge in [-0.3, -0.25) is 14.7 Å². The van der Waals surface area contributed by atoms with E-state index in [1.165, 1.54) is 11.3 Å². The van der Waals surface area contributed by atoms with Crippen LogP contribution in [0.1, 0.15) is 15.9 Å². The summed E-state index contributed by atoms with van der Waals surface area (Å²) in [5, 5.41) is 0.692. The largest absolute Gasteiger partial charge is 0.378 e. The molecule has 2 aromatic carbocycles. The van der Waals surface area contributed by atoms with Gasteiger partial charge in [-0.1, -0.05) is 23.5 Å². The standard InChI is InChI=1S/C23H22N4OS2/c1-26(2)18-11-9-17(10-12-18)22(28)27(15-16-6-5-13-24-14-16)23-25-21-19(29-3)7-4-8-20(21)30-23/h4-14H,15H2,1-3H3. The summed E-state index contributed by atoms with van der Waals surface area (Å²) >= 11 is 3.20. The fraction of sp³-hybridized carbons (Fsp3) is 0.174. The Morgan fingerprint density at radius 2 is 1.87 bits per heavy atom. The maximum atomic E-state index is 13.5. The number of hydrogen-bond donors (Lipinski definition) is 0. The Balaban J connectivity index is 1.75. The minimum absolute atomic E-state index is 0.0751. The number of nitrogens with zero attached hydrogens (tertiary/aromatic N) is 4. The van der Waals surface area contributed by atoms with Crippen molar-refractivity contribution in [1.29, 1.82) is 0 Å². The second-order valence-corrected chi connectivity index (χ2v) is 8.85. The Bertz CT molecular complexity index is 1160. The van der Waals surface area contributed by atoms with E-state index in [1.54, 1.807) is 29.1 Å². The molecule has 0 bridgehead atoms. The molecule has 2 heterocycles. The topological polar surface area (TPSA) is 49.3 Å². The molecule has 2 aromatic heterocycles. The number of para-hydroxylation sites is 1. The Labute approximate surface area is 184 Å². The Kier molecular flexibility index (Phi) is 6.01. The smallest absolute Gasteiger partial charge is 0.260 e. The second-order valence-electron chi connectivity index (χ2n) is 7.00. The van der Waals surface area contributed by atoms with Crippen LogP contribution in [0, 0.1) is 0 Å². The first-order valence-electron chi connectivity index (χ1n) is 9.48. The van der Waals surface area contributed by atoms with Gasteiger partial charge in [0.25, 0.3) is 5.91 Å². The number of anilines is 2. The van der Waals surface area contributed by atoms with Crippen LogP contribution < -0.4 is 9.80 Å². The zero-order chi connectivity index (χ0) is 21.1. The molecule has 0 unspecified atom stereocenters. The summed E-state index contributed by atoms with van der Waals surface area (Å²) in [5.41, 5.74) is 3.58. The number of aromatic nitrogens is 2. The van der Waals surface area contributed by atoms with E-state index in [-0.39, 0.29) is 5.91 Å². The quantitative estimate of drug-likeness (QED) is 0.384. The molecule has 0 radical (unpaired) electrons. The fourth-order valence-corrected chi connectivity index (χ4v) is 4.77. The third-order valence-electron chi connectivity index (χ3n) is 4.76. The number of thioether (sulfide) groups is 1. The van der Waals surface area contributed by atoms with Gasteiger partial charge in [-0.25, -0.2) is 4.98 Å². The Morgan fingerprint density at radius 3 is 2.53 bits per heavy atom. The highest BCUT2D eigenvalue weighted by Crippen LogP contribution is 2.35. The van der Waals surface area contributed by atoms with E-state index in [2.05, 4.69) is 17.1 Å². The average Bonchev–Trinajstić information content (AvgIpc) is 3.22. The van der Waals surface area contributed by atoms with Crippen LogP contribution in [0.4, 0.5) is 10.8 Å². The number of thiazole rings is 1. The fourth-order valence-electron chi connectivity index (χ4n) is 3.15. The molecule has 7 heteroatoms. The lowest BCUT2D eigenvalue weighted by molar-refractivity contribution is 0.0985. The number of rotatable bonds is 6. The molecular weight excluding hydrogens is 412 g/mol. The number of carbonyl (C=O) groups is 1. The minimum Gasteiger partial charge on any atom is -0.378 e. The van der Waals surface area contributed by atoms with Crippen molar-refractivity contribution in [2.45, 2.75) is 11.4 Å². The lowest BCUT2D eigenvalue weighted by atomic mass is 10.1. The van der Waals surface area contributed by atoms with Crippen LogP contribution in [0.15, 0.2) is 71.9 Å². The molecule has 0 saturated heterocycles. The van der Waals surface area contributed by atoms with Crippen LogP contribution in [-0.4, -0.2) is 36.2 Å². The second kappa shape index (κ2) is 8.85. The molecule has 30 heavy (non-hydrogen) atoms. The highest BCUT2D eigenvalue weighted by molar-refractivity contribution is 7.98. The molecule has 152 valence electrons. The van der Waals surface area contributed by atoms with Crippen molar-refractivity contribution in [2.75, 3.05) is 30.2 Å². The molecule has 0 saturated carbocycles. The van der Waals surface area contributed by atoms with Gasteiger partial charge in [-0.2, -0.15) is 0 Å². The number of pyridine rings is 1. The van der Waals surface area contributed by atoms with Crippen molar-refractivity contribution in [1.82, 2.24) is 9.97 Å². The number of benzene rings is 2. The maximum absolute atomic E-state index is 13.5. The Hall–Kier alpha value is -2.90. The SMILES string of the molecule is CSc1cccc2sc(N(Cc3cccnc3)C(=O)c3ccc(N(C)C)cc3)nc12. The van der Waals surface area contributed by atoms with Gasteiger partial charge < -0.3 is 4.90 Å². The molecule has 0 aliphatic heterocycles. The molecule has 0 fully saturated rings. The van der Waals surface area contributed by atoms with E-state index < -0.39 is 0 Å². The van der Waals surface area contributed by atoms with Crippen molar-refractivity contribution in [3.05, 3.63) is 78.1 Å². The Morgan fingerprint density at radius 1 is 1.07 bits per heavy atom. The molecule has 0 aliphatic carbocycles. The summed E-state index contributed by atoms with van der Waals surface area (Å²) in [4.78, 5) is 27.4. The van der Waals surface area contributed by atoms with Crippen LogP contribution in [0.2, 0.25) is 0 Å². The molecule has 0 N–H and O–H groups in total. The van der Waals surface area contributed by atoms with Crippen LogP contribution >= 0.6 is 23.1 Å². The first kappa shape index (κ1) is 20.4. The van der Waals surface area contributed by atoms with E-state index in [0.29, 0.717) is 17.2 Å². The first-order chi connectivity index (χ1) is 14.6. The summed E-state index contributed by atoms with van der Waals surface area (Å²) < 4.78 is 1.07. The number of fused-ring (bicyclic) bond motifs is 1. The predicted molar refractivity (Wildman–Crippen MR) is 127 cm³/mol. The summed E-state index contributed by atoms with van der Waals surface area (Å²) in [6.45, 7) is 0.413. The average molecular weight is 435 g/mol. The number of hydrogen-bond acceptors (Lipinski definition) is 6. The normalized spacial score (nSPS) is 10.9.